The Bertz CT molecular complexity index is 1070. The highest BCUT2D eigenvalue weighted by Gasteiger charge is 2.35. The average molecular weight is 377 g/mol. The highest BCUT2D eigenvalue weighted by atomic mass is 16.2. The molecule has 2 aromatic heterocycles. The van der Waals surface area contributed by atoms with E-state index in [0.717, 1.165) is 11.2 Å². The quantitative estimate of drug-likeness (QED) is 0.688. The molecule has 2 fully saturated rings. The van der Waals surface area contributed by atoms with Crippen LogP contribution in [0.4, 0.5) is 10.5 Å². The fraction of sp³-hybridized carbons (Fsp3) is 0.316. The Morgan fingerprint density at radius 2 is 1.89 bits per heavy atom. The molecule has 0 N–H and O–H groups in total. The van der Waals surface area contributed by atoms with Gasteiger partial charge in [-0.2, -0.15) is 5.10 Å². The number of amides is 3. The summed E-state index contributed by atoms with van der Waals surface area (Å²) in [6.07, 6.45) is 5.11. The van der Waals surface area contributed by atoms with Crippen molar-refractivity contribution < 1.29 is 9.59 Å². The number of para-hydroxylation sites is 2. The molecule has 2 saturated heterocycles. The Labute approximate surface area is 161 Å². The van der Waals surface area contributed by atoms with Crippen molar-refractivity contribution in [3.63, 3.8) is 0 Å². The first kappa shape index (κ1) is 16.7. The lowest BCUT2D eigenvalue weighted by molar-refractivity contribution is 0.0495. The number of rotatable bonds is 3. The number of likely N-dealkylation sites (N-methyl/N-ethyl adjacent to an activating group) is 1. The SMILES string of the molecule is CN1CCN(c2cnn(C3CN(C(=O)c4cnc5ccccc5n4)C3)c2)C1=O. The van der Waals surface area contributed by atoms with Crippen LogP contribution < -0.4 is 4.90 Å². The molecule has 2 aliphatic heterocycles. The normalized spacial score (nSPS) is 17.5. The number of benzene rings is 1. The Kier molecular flexibility index (Phi) is 3.75. The van der Waals surface area contributed by atoms with E-state index in [0.29, 0.717) is 37.4 Å². The maximum absolute atomic E-state index is 12.7. The summed E-state index contributed by atoms with van der Waals surface area (Å²) < 4.78 is 1.83. The lowest BCUT2D eigenvalue weighted by Crippen LogP contribution is -2.51. The first-order chi connectivity index (χ1) is 13.6. The third kappa shape index (κ3) is 2.67. The van der Waals surface area contributed by atoms with Crippen LogP contribution in [0.15, 0.2) is 42.9 Å². The third-order valence-electron chi connectivity index (χ3n) is 5.31. The summed E-state index contributed by atoms with van der Waals surface area (Å²) in [4.78, 5) is 38.7. The number of hydrogen-bond acceptors (Lipinski definition) is 5. The second-order valence-electron chi connectivity index (χ2n) is 7.14. The summed E-state index contributed by atoms with van der Waals surface area (Å²) in [6.45, 7) is 2.49. The van der Waals surface area contributed by atoms with Crippen molar-refractivity contribution in [2.75, 3.05) is 38.1 Å². The fourth-order valence-electron chi connectivity index (χ4n) is 3.56. The maximum atomic E-state index is 12.7. The molecule has 3 amide bonds. The number of nitrogens with zero attached hydrogens (tertiary/aromatic N) is 7. The Morgan fingerprint density at radius 1 is 1.11 bits per heavy atom. The Morgan fingerprint density at radius 3 is 2.64 bits per heavy atom. The Hall–Kier alpha value is -3.49. The maximum Gasteiger partial charge on any atom is 0.324 e. The van der Waals surface area contributed by atoms with Gasteiger partial charge in [0.05, 0.1) is 35.2 Å². The third-order valence-corrected chi connectivity index (χ3v) is 5.31. The highest BCUT2D eigenvalue weighted by Crippen LogP contribution is 2.26. The van der Waals surface area contributed by atoms with Crippen LogP contribution in [0.5, 0.6) is 0 Å². The van der Waals surface area contributed by atoms with Gasteiger partial charge in [-0.15, -0.1) is 0 Å². The van der Waals surface area contributed by atoms with Gasteiger partial charge < -0.3 is 9.80 Å². The van der Waals surface area contributed by atoms with Crippen LogP contribution in [0.2, 0.25) is 0 Å². The molecular formula is C19H19N7O2. The van der Waals surface area contributed by atoms with Crippen LogP contribution in [-0.2, 0) is 0 Å². The van der Waals surface area contributed by atoms with Gasteiger partial charge in [0.25, 0.3) is 5.91 Å². The van der Waals surface area contributed by atoms with Crippen LogP contribution in [0.1, 0.15) is 16.5 Å². The lowest BCUT2D eigenvalue weighted by Gasteiger charge is -2.38. The van der Waals surface area contributed by atoms with Crippen molar-refractivity contribution in [1.82, 2.24) is 29.5 Å². The number of carbonyl (C=O) groups is 2. The van der Waals surface area contributed by atoms with Crippen molar-refractivity contribution in [3.8, 4) is 0 Å². The van der Waals surface area contributed by atoms with E-state index in [9.17, 15) is 9.59 Å². The largest absolute Gasteiger partial charge is 0.333 e. The molecule has 1 aromatic carbocycles. The number of urea groups is 1. The minimum absolute atomic E-state index is 0.0140. The molecule has 0 radical (unpaired) electrons. The summed E-state index contributed by atoms with van der Waals surface area (Å²) in [7, 11) is 1.79. The predicted octanol–water partition coefficient (Wildman–Crippen LogP) is 1.40. The van der Waals surface area contributed by atoms with Crippen LogP contribution in [-0.4, -0.2) is 74.7 Å². The van der Waals surface area contributed by atoms with Crippen molar-refractivity contribution >= 4 is 28.7 Å². The van der Waals surface area contributed by atoms with E-state index >= 15 is 0 Å². The van der Waals surface area contributed by atoms with Gasteiger partial charge in [0.2, 0.25) is 0 Å². The number of anilines is 1. The summed E-state index contributed by atoms with van der Waals surface area (Å²) in [6, 6.07) is 7.57. The van der Waals surface area contributed by atoms with Gasteiger partial charge >= 0.3 is 6.03 Å². The Balaban J connectivity index is 1.26. The smallest absolute Gasteiger partial charge is 0.324 e. The van der Waals surface area contributed by atoms with Gasteiger partial charge in [-0.05, 0) is 12.1 Å². The second-order valence-corrected chi connectivity index (χ2v) is 7.14. The zero-order valence-corrected chi connectivity index (χ0v) is 15.4. The molecule has 0 bridgehead atoms. The molecule has 0 saturated carbocycles. The summed E-state index contributed by atoms with van der Waals surface area (Å²) >= 11 is 0. The molecular weight excluding hydrogens is 358 g/mol. The van der Waals surface area contributed by atoms with Gasteiger partial charge in [0.15, 0.2) is 0 Å². The van der Waals surface area contributed by atoms with Crippen LogP contribution in [0.3, 0.4) is 0 Å². The van der Waals surface area contributed by atoms with Gasteiger partial charge in [0.1, 0.15) is 5.69 Å². The summed E-state index contributed by atoms with van der Waals surface area (Å²) in [5.41, 5.74) is 2.62. The molecule has 0 unspecified atom stereocenters. The van der Waals surface area contributed by atoms with Crippen LogP contribution >= 0.6 is 0 Å². The van der Waals surface area contributed by atoms with E-state index in [1.165, 1.54) is 6.20 Å². The van der Waals surface area contributed by atoms with E-state index in [1.807, 2.05) is 35.1 Å². The lowest BCUT2D eigenvalue weighted by atomic mass is 10.1. The highest BCUT2D eigenvalue weighted by molar-refractivity contribution is 5.94. The average Bonchev–Trinajstić information content (AvgIpc) is 3.27. The molecule has 0 spiro atoms. The van der Waals surface area contributed by atoms with E-state index in [4.69, 9.17) is 0 Å². The van der Waals surface area contributed by atoms with E-state index < -0.39 is 0 Å². The van der Waals surface area contributed by atoms with E-state index in [-0.39, 0.29) is 18.0 Å². The molecule has 4 heterocycles. The zero-order valence-electron chi connectivity index (χ0n) is 15.4. The van der Waals surface area contributed by atoms with Gasteiger partial charge in [-0.1, -0.05) is 12.1 Å². The van der Waals surface area contributed by atoms with Gasteiger partial charge in [0, 0.05) is 39.4 Å². The number of hydrogen-bond donors (Lipinski definition) is 0. The summed E-state index contributed by atoms with van der Waals surface area (Å²) in [5, 5.41) is 4.39. The van der Waals surface area contributed by atoms with Crippen molar-refractivity contribution in [2.24, 2.45) is 0 Å². The first-order valence-electron chi connectivity index (χ1n) is 9.18. The molecule has 0 aliphatic carbocycles. The molecule has 9 heteroatoms. The van der Waals surface area contributed by atoms with E-state index in [2.05, 4.69) is 15.1 Å². The minimum atomic E-state index is -0.127. The molecule has 0 atom stereocenters. The van der Waals surface area contributed by atoms with Crippen LogP contribution in [0, 0.1) is 0 Å². The number of fused-ring (bicyclic) bond motifs is 1. The van der Waals surface area contributed by atoms with Crippen molar-refractivity contribution in [3.05, 3.63) is 48.5 Å². The standard InChI is InChI=1S/C19H19N7O2/c1-23-6-7-25(19(23)28)13-8-21-26(12-13)14-10-24(11-14)18(27)17-9-20-15-4-2-3-5-16(15)22-17/h2-5,8-9,12,14H,6-7,10-11H2,1H3. The topological polar surface area (TPSA) is 87.5 Å². The molecule has 142 valence electrons. The first-order valence-corrected chi connectivity index (χ1v) is 9.18. The zero-order chi connectivity index (χ0) is 19.3. The van der Waals surface area contributed by atoms with Gasteiger partial charge in [-0.3, -0.25) is 19.4 Å². The number of aromatic nitrogens is 4. The van der Waals surface area contributed by atoms with Crippen molar-refractivity contribution in [1.29, 1.82) is 0 Å². The predicted molar refractivity (Wildman–Crippen MR) is 102 cm³/mol. The second kappa shape index (κ2) is 6.29. The molecule has 9 nitrogen and oxygen atoms in total. The molecule has 3 aromatic rings. The number of carbonyl (C=O) groups excluding carboxylic acids is 2. The monoisotopic (exact) mass is 377 g/mol. The van der Waals surface area contributed by atoms with E-state index in [1.54, 1.807) is 27.9 Å². The number of likely N-dealkylation sites (tertiary alicyclic amines) is 1. The molecule has 2 aliphatic rings. The van der Waals surface area contributed by atoms with Crippen LogP contribution in [0.25, 0.3) is 11.0 Å². The van der Waals surface area contributed by atoms with Gasteiger partial charge in [-0.25, -0.2) is 9.78 Å². The van der Waals surface area contributed by atoms with Crippen molar-refractivity contribution in [2.45, 2.75) is 6.04 Å². The minimum Gasteiger partial charge on any atom is -0.333 e. The fourth-order valence-corrected chi connectivity index (χ4v) is 3.56. The molecule has 28 heavy (non-hydrogen) atoms. The summed E-state index contributed by atoms with van der Waals surface area (Å²) in [5.74, 6) is -0.127. The molecule has 5 rings (SSSR count).